The number of hydrogen-bond donors (Lipinski definition) is 1. The molecule has 8 heteroatoms. The molecule has 0 fully saturated rings. The zero-order valence-electron chi connectivity index (χ0n) is 20.6. The van der Waals surface area contributed by atoms with Gasteiger partial charge < -0.3 is 10.2 Å². The summed E-state index contributed by atoms with van der Waals surface area (Å²) in [6.45, 7) is 6.34. The number of hydrogen-bond acceptors (Lipinski definition) is 4. The molecular formula is C26H37N3O4S. The van der Waals surface area contributed by atoms with Crippen molar-refractivity contribution in [2.75, 3.05) is 17.1 Å². The van der Waals surface area contributed by atoms with Crippen LogP contribution in [0.4, 0.5) is 5.69 Å². The lowest BCUT2D eigenvalue weighted by Crippen LogP contribution is -2.50. The summed E-state index contributed by atoms with van der Waals surface area (Å²) < 4.78 is 26.0. The van der Waals surface area contributed by atoms with Gasteiger partial charge >= 0.3 is 0 Å². The summed E-state index contributed by atoms with van der Waals surface area (Å²) in [5.74, 6) is -0.334. The first kappa shape index (κ1) is 27.4. The predicted octanol–water partition coefficient (Wildman–Crippen LogP) is 3.95. The van der Waals surface area contributed by atoms with Gasteiger partial charge in [-0.3, -0.25) is 13.9 Å². The van der Waals surface area contributed by atoms with E-state index in [-0.39, 0.29) is 30.8 Å². The first-order chi connectivity index (χ1) is 16.2. The zero-order valence-corrected chi connectivity index (χ0v) is 21.4. The Balaban J connectivity index is 2.17. The Morgan fingerprint density at radius 2 is 1.53 bits per heavy atom. The highest BCUT2D eigenvalue weighted by molar-refractivity contribution is 7.92. The number of sulfonamides is 1. The molecule has 2 aromatic rings. The summed E-state index contributed by atoms with van der Waals surface area (Å²) in [6, 6.07) is 17.9. The van der Waals surface area contributed by atoms with Crippen molar-refractivity contribution in [2.45, 2.75) is 65.1 Å². The fraction of sp³-hybridized carbons (Fsp3) is 0.462. The van der Waals surface area contributed by atoms with E-state index < -0.39 is 16.1 Å². The molecule has 0 radical (unpaired) electrons. The van der Waals surface area contributed by atoms with Gasteiger partial charge in [0.05, 0.1) is 11.9 Å². The third-order valence-corrected chi connectivity index (χ3v) is 6.97. The topological polar surface area (TPSA) is 86.8 Å². The summed E-state index contributed by atoms with van der Waals surface area (Å²) in [7, 11) is -3.49. The lowest BCUT2D eigenvalue weighted by atomic mass is 10.1. The third-order valence-electron chi connectivity index (χ3n) is 5.78. The number of rotatable bonds is 13. The van der Waals surface area contributed by atoms with E-state index in [1.54, 1.807) is 29.2 Å². The minimum absolute atomic E-state index is 0.0180. The van der Waals surface area contributed by atoms with Gasteiger partial charge in [-0.15, -0.1) is 0 Å². The number of anilines is 1. The highest BCUT2D eigenvalue weighted by atomic mass is 32.2. The molecule has 2 aromatic carbocycles. The van der Waals surface area contributed by atoms with Crippen LogP contribution in [0.15, 0.2) is 60.7 Å². The van der Waals surface area contributed by atoms with Gasteiger partial charge in [0.1, 0.15) is 6.04 Å². The second kappa shape index (κ2) is 13.1. The number of nitrogens with one attached hydrogen (secondary N) is 1. The average molecular weight is 488 g/mol. The highest BCUT2D eigenvalue weighted by Gasteiger charge is 2.29. The molecule has 0 saturated carbocycles. The molecule has 0 aromatic heterocycles. The molecule has 0 saturated heterocycles. The smallest absolute Gasteiger partial charge is 0.243 e. The average Bonchev–Trinajstić information content (AvgIpc) is 2.81. The number of carbonyl (C=O) groups excluding carboxylic acids is 2. The fourth-order valence-electron chi connectivity index (χ4n) is 3.74. The predicted molar refractivity (Wildman–Crippen MR) is 137 cm³/mol. The summed E-state index contributed by atoms with van der Waals surface area (Å²) in [4.78, 5) is 28.0. The Kier molecular flexibility index (Phi) is 10.6. The van der Waals surface area contributed by atoms with E-state index in [1.807, 2.05) is 57.2 Å². The van der Waals surface area contributed by atoms with Crippen molar-refractivity contribution < 1.29 is 18.0 Å². The van der Waals surface area contributed by atoms with Crippen LogP contribution in [-0.2, 0) is 26.2 Å². The number of nitrogens with zero attached hydrogens (tertiary/aromatic N) is 2. The summed E-state index contributed by atoms with van der Waals surface area (Å²) in [6.07, 6.45) is 2.93. The van der Waals surface area contributed by atoms with Crippen LogP contribution in [0, 0.1) is 0 Å². The second-order valence-electron chi connectivity index (χ2n) is 8.52. The van der Waals surface area contributed by atoms with Gasteiger partial charge in [0, 0.05) is 25.6 Å². The monoisotopic (exact) mass is 487 g/mol. The van der Waals surface area contributed by atoms with Crippen molar-refractivity contribution in [2.24, 2.45) is 0 Å². The molecule has 0 spiro atoms. The van der Waals surface area contributed by atoms with E-state index in [2.05, 4.69) is 5.32 Å². The van der Waals surface area contributed by atoms with E-state index in [4.69, 9.17) is 0 Å². The third kappa shape index (κ3) is 8.17. The van der Waals surface area contributed by atoms with E-state index >= 15 is 0 Å². The largest absolute Gasteiger partial charge is 0.352 e. The van der Waals surface area contributed by atoms with Crippen molar-refractivity contribution >= 4 is 27.5 Å². The van der Waals surface area contributed by atoms with Crippen LogP contribution in [0.25, 0.3) is 0 Å². The van der Waals surface area contributed by atoms with Crippen LogP contribution in [-0.4, -0.2) is 50.0 Å². The Labute approximate surface area is 204 Å². The summed E-state index contributed by atoms with van der Waals surface area (Å²) in [5.41, 5.74) is 1.51. The normalized spacial score (nSPS) is 13.1. The minimum atomic E-state index is -3.49. The summed E-state index contributed by atoms with van der Waals surface area (Å²) in [5, 5.41) is 3.00. The molecular weight excluding hydrogens is 450 g/mol. The molecule has 0 aliphatic heterocycles. The molecule has 0 aliphatic carbocycles. The molecule has 34 heavy (non-hydrogen) atoms. The molecule has 0 bridgehead atoms. The van der Waals surface area contributed by atoms with Crippen LogP contribution in [0.3, 0.4) is 0 Å². The number of benzene rings is 2. The summed E-state index contributed by atoms with van der Waals surface area (Å²) >= 11 is 0. The van der Waals surface area contributed by atoms with Gasteiger partial charge in [-0.05, 0) is 43.9 Å². The van der Waals surface area contributed by atoms with Crippen LogP contribution < -0.4 is 9.62 Å². The molecule has 2 rings (SSSR count). The van der Waals surface area contributed by atoms with Crippen LogP contribution in [0.5, 0.6) is 0 Å². The molecule has 2 atom stereocenters. The van der Waals surface area contributed by atoms with Gasteiger partial charge in [0.2, 0.25) is 21.8 Å². The van der Waals surface area contributed by atoms with Gasteiger partial charge in [-0.1, -0.05) is 62.4 Å². The maximum atomic E-state index is 13.4. The van der Waals surface area contributed by atoms with Crippen molar-refractivity contribution in [3.63, 3.8) is 0 Å². The van der Waals surface area contributed by atoms with Crippen LogP contribution in [0.1, 0.15) is 52.0 Å². The minimum Gasteiger partial charge on any atom is -0.352 e. The number of carbonyl (C=O) groups is 2. The van der Waals surface area contributed by atoms with Crippen LogP contribution >= 0.6 is 0 Å². The van der Waals surface area contributed by atoms with Crippen molar-refractivity contribution in [3.05, 3.63) is 66.2 Å². The Bertz CT molecular complexity index is 1010. The molecule has 7 nitrogen and oxygen atoms in total. The molecule has 1 N–H and O–H groups in total. The first-order valence-corrected chi connectivity index (χ1v) is 13.7. The Morgan fingerprint density at radius 1 is 0.941 bits per heavy atom. The number of amides is 2. The maximum Gasteiger partial charge on any atom is 0.243 e. The van der Waals surface area contributed by atoms with Crippen molar-refractivity contribution in [1.82, 2.24) is 10.2 Å². The van der Waals surface area contributed by atoms with Gasteiger partial charge in [0.25, 0.3) is 0 Å². The van der Waals surface area contributed by atoms with Crippen molar-refractivity contribution in [3.8, 4) is 0 Å². The SMILES string of the molecule is CCC(C)NC(=O)C(CC)N(Cc1ccccc1)C(=O)CCCN(c1ccccc1)S(C)(=O)=O. The Morgan fingerprint density at radius 3 is 2.06 bits per heavy atom. The quantitative estimate of drug-likeness (QED) is 0.463. The van der Waals surface area contributed by atoms with Crippen molar-refractivity contribution in [1.29, 1.82) is 0 Å². The lowest BCUT2D eigenvalue weighted by Gasteiger charge is -2.32. The van der Waals surface area contributed by atoms with Gasteiger partial charge in [-0.2, -0.15) is 0 Å². The molecule has 186 valence electrons. The first-order valence-electron chi connectivity index (χ1n) is 11.8. The van der Waals surface area contributed by atoms with Gasteiger partial charge in [0.15, 0.2) is 0 Å². The highest BCUT2D eigenvalue weighted by Crippen LogP contribution is 2.19. The standard InChI is InChI=1S/C26H37N3O4S/c1-5-21(3)27-26(31)24(6-2)28(20-22-14-9-7-10-15-22)25(30)18-13-19-29(34(4,32)33)23-16-11-8-12-17-23/h7-12,14-17,21,24H,5-6,13,18-20H2,1-4H3,(H,27,31). The lowest BCUT2D eigenvalue weighted by molar-refractivity contribution is -0.141. The zero-order chi connectivity index (χ0) is 25.1. The van der Waals surface area contributed by atoms with E-state index in [0.717, 1.165) is 18.2 Å². The second-order valence-corrected chi connectivity index (χ2v) is 10.4. The maximum absolute atomic E-state index is 13.4. The van der Waals surface area contributed by atoms with E-state index in [1.165, 1.54) is 4.31 Å². The van der Waals surface area contributed by atoms with E-state index in [9.17, 15) is 18.0 Å². The Hall–Kier alpha value is -2.87. The van der Waals surface area contributed by atoms with Crippen LogP contribution in [0.2, 0.25) is 0 Å². The molecule has 0 heterocycles. The molecule has 0 aliphatic rings. The molecule has 2 unspecified atom stereocenters. The van der Waals surface area contributed by atoms with E-state index in [0.29, 0.717) is 25.1 Å². The fourth-order valence-corrected chi connectivity index (χ4v) is 4.70. The number of para-hydroxylation sites is 1. The van der Waals surface area contributed by atoms with Gasteiger partial charge in [-0.25, -0.2) is 8.42 Å². The molecule has 2 amide bonds.